The summed E-state index contributed by atoms with van der Waals surface area (Å²) in [7, 11) is 0. The fourth-order valence-corrected chi connectivity index (χ4v) is 1.83. The van der Waals surface area contributed by atoms with Crippen molar-refractivity contribution in [2.75, 3.05) is 13.2 Å². The molecule has 1 atom stereocenters. The second-order valence-corrected chi connectivity index (χ2v) is 4.39. The van der Waals surface area contributed by atoms with E-state index < -0.39 is 30.4 Å². The van der Waals surface area contributed by atoms with Crippen LogP contribution in [-0.2, 0) is 14.3 Å². The number of amides is 3. The van der Waals surface area contributed by atoms with Gasteiger partial charge in [0.25, 0.3) is 5.91 Å². The van der Waals surface area contributed by atoms with Crippen LogP contribution in [0.4, 0.5) is 4.79 Å². The zero-order valence-electron chi connectivity index (χ0n) is 12.2. The molecule has 1 rings (SSSR count). The summed E-state index contributed by atoms with van der Waals surface area (Å²) in [5, 5.41) is 4.48. The Morgan fingerprint density at radius 3 is 2.38 bits per heavy atom. The molecule has 1 unspecified atom stereocenters. The average Bonchev–Trinajstić information content (AvgIpc) is 2.47. The minimum Gasteiger partial charge on any atom is -0.455 e. The van der Waals surface area contributed by atoms with Crippen LogP contribution in [0, 0.1) is 0 Å². The normalized spacial score (nSPS) is 11.3. The lowest BCUT2D eigenvalue weighted by Crippen LogP contribution is -2.41. The Morgan fingerprint density at radius 1 is 1.14 bits per heavy atom. The largest absolute Gasteiger partial charge is 0.455 e. The third-order valence-electron chi connectivity index (χ3n) is 2.83. The minimum absolute atomic E-state index is 0.408. The number of urea groups is 1. The predicted molar refractivity (Wildman–Crippen MR) is 77.6 cm³/mol. The van der Waals surface area contributed by atoms with E-state index in [4.69, 9.17) is 4.74 Å². The summed E-state index contributed by atoms with van der Waals surface area (Å²) in [6, 6.07) is 8.62. The maximum absolute atomic E-state index is 12.0. The van der Waals surface area contributed by atoms with Gasteiger partial charge in [0.2, 0.25) is 0 Å². The number of nitrogens with one attached hydrogen (secondary N) is 2. The van der Waals surface area contributed by atoms with E-state index in [1.807, 2.05) is 37.3 Å². The van der Waals surface area contributed by atoms with Crippen molar-refractivity contribution >= 4 is 17.9 Å². The molecule has 3 amide bonds. The van der Waals surface area contributed by atoms with E-state index in [0.717, 1.165) is 5.56 Å². The van der Waals surface area contributed by atoms with Gasteiger partial charge in [0.05, 0.1) is 5.92 Å². The summed E-state index contributed by atoms with van der Waals surface area (Å²) >= 11 is 0. The van der Waals surface area contributed by atoms with E-state index in [-0.39, 0.29) is 0 Å². The van der Waals surface area contributed by atoms with Crippen LogP contribution in [0.3, 0.4) is 0 Å². The van der Waals surface area contributed by atoms with Crippen LogP contribution in [0.15, 0.2) is 30.3 Å². The molecule has 1 aromatic rings. The second-order valence-electron chi connectivity index (χ2n) is 4.39. The Hall–Kier alpha value is -2.37. The molecule has 0 saturated carbocycles. The monoisotopic (exact) mass is 292 g/mol. The van der Waals surface area contributed by atoms with E-state index in [2.05, 4.69) is 10.6 Å². The van der Waals surface area contributed by atoms with Gasteiger partial charge in [-0.25, -0.2) is 4.79 Å². The third kappa shape index (κ3) is 5.64. The SMILES string of the molecule is CCNC(=O)NC(=O)COC(=O)C(CC)c1ccccc1. The molecule has 0 bridgehead atoms. The van der Waals surface area contributed by atoms with Gasteiger partial charge in [-0.3, -0.25) is 14.9 Å². The molecule has 0 heterocycles. The summed E-state index contributed by atoms with van der Waals surface area (Å²) in [5.41, 5.74) is 0.842. The van der Waals surface area contributed by atoms with Crippen molar-refractivity contribution in [3.63, 3.8) is 0 Å². The first-order chi connectivity index (χ1) is 10.1. The molecule has 6 heteroatoms. The second kappa shape index (κ2) is 8.73. The molecule has 0 spiro atoms. The molecule has 21 heavy (non-hydrogen) atoms. The zero-order valence-corrected chi connectivity index (χ0v) is 12.2. The first-order valence-electron chi connectivity index (χ1n) is 6.87. The lowest BCUT2D eigenvalue weighted by Gasteiger charge is -2.14. The van der Waals surface area contributed by atoms with Gasteiger partial charge in [-0.15, -0.1) is 0 Å². The van der Waals surface area contributed by atoms with Crippen molar-refractivity contribution in [2.24, 2.45) is 0 Å². The predicted octanol–water partition coefficient (Wildman–Crippen LogP) is 1.57. The fraction of sp³-hybridized carbons (Fsp3) is 0.400. The molecule has 0 aromatic heterocycles. The number of carbonyl (C=O) groups is 3. The van der Waals surface area contributed by atoms with Gasteiger partial charge in [-0.05, 0) is 18.9 Å². The van der Waals surface area contributed by atoms with Gasteiger partial charge in [0.15, 0.2) is 6.61 Å². The number of hydrogen-bond acceptors (Lipinski definition) is 4. The number of rotatable bonds is 6. The average molecular weight is 292 g/mol. The summed E-state index contributed by atoms with van der Waals surface area (Å²) < 4.78 is 4.96. The highest BCUT2D eigenvalue weighted by Crippen LogP contribution is 2.20. The summed E-state index contributed by atoms with van der Waals surface area (Å²) in [5.74, 6) is -1.55. The number of carbonyl (C=O) groups excluding carboxylic acids is 3. The topological polar surface area (TPSA) is 84.5 Å². The van der Waals surface area contributed by atoms with E-state index in [1.54, 1.807) is 6.92 Å². The van der Waals surface area contributed by atoms with E-state index in [1.165, 1.54) is 0 Å². The maximum Gasteiger partial charge on any atom is 0.321 e. The maximum atomic E-state index is 12.0. The van der Waals surface area contributed by atoms with Crippen LogP contribution in [0.1, 0.15) is 31.7 Å². The number of hydrogen-bond donors (Lipinski definition) is 2. The molecule has 0 fully saturated rings. The molecule has 6 nitrogen and oxygen atoms in total. The Labute approximate surface area is 123 Å². The highest BCUT2D eigenvalue weighted by Gasteiger charge is 2.21. The molecule has 0 radical (unpaired) electrons. The van der Waals surface area contributed by atoms with Gasteiger partial charge < -0.3 is 10.1 Å². The first kappa shape index (κ1) is 16.7. The smallest absolute Gasteiger partial charge is 0.321 e. The molecule has 1 aromatic carbocycles. The quantitative estimate of drug-likeness (QED) is 0.779. The van der Waals surface area contributed by atoms with Crippen molar-refractivity contribution in [3.8, 4) is 0 Å². The van der Waals surface area contributed by atoms with Crippen LogP contribution >= 0.6 is 0 Å². The summed E-state index contributed by atoms with van der Waals surface area (Å²) in [6.45, 7) is 3.54. The van der Waals surface area contributed by atoms with E-state index >= 15 is 0 Å². The van der Waals surface area contributed by atoms with Crippen molar-refractivity contribution in [2.45, 2.75) is 26.2 Å². The summed E-state index contributed by atoms with van der Waals surface area (Å²) in [4.78, 5) is 34.5. The number of imide groups is 1. The highest BCUT2D eigenvalue weighted by molar-refractivity contribution is 5.95. The van der Waals surface area contributed by atoms with Crippen LogP contribution in [0.25, 0.3) is 0 Å². The van der Waals surface area contributed by atoms with Crippen LogP contribution in [-0.4, -0.2) is 31.1 Å². The van der Waals surface area contributed by atoms with Crippen molar-refractivity contribution in [1.29, 1.82) is 0 Å². The molecular formula is C15H20N2O4. The molecular weight excluding hydrogens is 272 g/mol. The minimum atomic E-state index is -0.655. The molecule has 0 aliphatic heterocycles. The number of ether oxygens (including phenoxy) is 1. The fourth-order valence-electron chi connectivity index (χ4n) is 1.83. The number of esters is 1. The van der Waals surface area contributed by atoms with Gasteiger partial charge in [0, 0.05) is 6.54 Å². The van der Waals surface area contributed by atoms with Gasteiger partial charge in [-0.2, -0.15) is 0 Å². The Balaban J connectivity index is 2.48. The van der Waals surface area contributed by atoms with E-state index in [9.17, 15) is 14.4 Å². The van der Waals surface area contributed by atoms with Gasteiger partial charge in [0.1, 0.15) is 0 Å². The van der Waals surface area contributed by atoms with Gasteiger partial charge >= 0.3 is 12.0 Å². The van der Waals surface area contributed by atoms with Crippen molar-refractivity contribution in [1.82, 2.24) is 10.6 Å². The summed E-state index contributed by atoms with van der Waals surface area (Å²) in [6.07, 6.45) is 0.570. The Kier molecular flexibility index (Phi) is 6.94. The molecule has 114 valence electrons. The highest BCUT2D eigenvalue weighted by atomic mass is 16.5. The van der Waals surface area contributed by atoms with E-state index in [0.29, 0.717) is 13.0 Å². The first-order valence-corrected chi connectivity index (χ1v) is 6.87. The zero-order chi connectivity index (χ0) is 15.7. The Bertz CT molecular complexity index is 488. The molecule has 0 saturated heterocycles. The van der Waals surface area contributed by atoms with Crippen molar-refractivity contribution in [3.05, 3.63) is 35.9 Å². The lowest BCUT2D eigenvalue weighted by molar-refractivity contribution is -0.149. The van der Waals surface area contributed by atoms with Crippen molar-refractivity contribution < 1.29 is 19.1 Å². The molecule has 0 aliphatic rings. The standard InChI is InChI=1S/C15H20N2O4/c1-3-12(11-8-6-5-7-9-11)14(19)21-10-13(18)17-15(20)16-4-2/h5-9,12H,3-4,10H2,1-2H3,(H2,16,17,18,20). The van der Waals surface area contributed by atoms with Gasteiger partial charge in [-0.1, -0.05) is 37.3 Å². The third-order valence-corrected chi connectivity index (χ3v) is 2.83. The Morgan fingerprint density at radius 2 is 1.81 bits per heavy atom. The van der Waals surface area contributed by atoms with Crippen LogP contribution < -0.4 is 10.6 Å². The molecule has 0 aliphatic carbocycles. The van der Waals surface area contributed by atoms with Crippen LogP contribution in [0.5, 0.6) is 0 Å². The number of benzene rings is 1. The molecule has 2 N–H and O–H groups in total. The van der Waals surface area contributed by atoms with Crippen LogP contribution in [0.2, 0.25) is 0 Å². The lowest BCUT2D eigenvalue weighted by atomic mass is 9.97.